The fourth-order valence-electron chi connectivity index (χ4n) is 2.91. The zero-order valence-electron chi connectivity index (χ0n) is 18.0. The van der Waals surface area contributed by atoms with Gasteiger partial charge in [0.05, 0.1) is 12.0 Å². The number of rotatable bonds is 9. The minimum Gasteiger partial charge on any atom is -0.493 e. The maximum absolute atomic E-state index is 12.6. The third kappa shape index (κ3) is 5.92. The Balaban J connectivity index is 2.14. The summed E-state index contributed by atoms with van der Waals surface area (Å²) in [6.45, 7) is 0.655. The predicted molar refractivity (Wildman–Crippen MR) is 112 cm³/mol. The highest BCUT2D eigenvalue weighted by Crippen LogP contribution is 2.29. The second kappa shape index (κ2) is 10.1. The van der Waals surface area contributed by atoms with Gasteiger partial charge in [0.25, 0.3) is 5.91 Å². The van der Waals surface area contributed by atoms with Crippen LogP contribution in [0.2, 0.25) is 0 Å². The Morgan fingerprint density at radius 3 is 2.39 bits per heavy atom. The number of methoxy groups -OCH3 is 1. The van der Waals surface area contributed by atoms with Gasteiger partial charge in [-0.25, -0.2) is 12.7 Å². The molecule has 2 rings (SSSR count). The Bertz CT molecular complexity index is 1060. The normalized spacial score (nSPS) is 11.6. The fraction of sp³-hybridized carbons (Fsp3) is 0.381. The third-order valence-electron chi connectivity index (χ3n) is 4.78. The largest absolute Gasteiger partial charge is 0.493 e. The lowest BCUT2D eigenvalue weighted by Crippen LogP contribution is -2.27. The van der Waals surface area contributed by atoms with Crippen LogP contribution >= 0.6 is 0 Å². The van der Waals surface area contributed by atoms with Gasteiger partial charge < -0.3 is 14.8 Å². The number of amides is 1. The Morgan fingerprint density at radius 1 is 1.13 bits per heavy atom. The van der Waals surface area contributed by atoms with E-state index >= 15 is 0 Å². The van der Waals surface area contributed by atoms with Crippen molar-refractivity contribution in [2.24, 2.45) is 0 Å². The molecule has 0 radical (unpaired) electrons. The molecule has 0 bridgehead atoms. The van der Waals surface area contributed by atoms with Crippen molar-refractivity contribution in [2.75, 3.05) is 27.7 Å². The first kappa shape index (κ1) is 24.5. The molecular formula is C21H26F2N2O5S. The molecule has 0 atom stereocenters. The molecule has 0 heterocycles. The van der Waals surface area contributed by atoms with E-state index in [1.165, 1.54) is 39.4 Å². The molecule has 1 amide bonds. The van der Waals surface area contributed by atoms with Gasteiger partial charge in [-0.15, -0.1) is 0 Å². The summed E-state index contributed by atoms with van der Waals surface area (Å²) in [5, 5.41) is 2.72. The number of carbonyl (C=O) groups is 1. The number of hydrogen-bond acceptors (Lipinski definition) is 5. The van der Waals surface area contributed by atoms with Gasteiger partial charge in [0.1, 0.15) is 0 Å². The number of ether oxygens (including phenoxy) is 2. The van der Waals surface area contributed by atoms with E-state index in [0.29, 0.717) is 23.1 Å². The predicted octanol–water partition coefficient (Wildman–Crippen LogP) is 3.14. The number of carbonyl (C=O) groups excluding carboxylic acids is 1. The standard InChI is InChI=1S/C21H26F2N2O5S/c1-13-10-16(12-19(14(13)2)31(27,28)25(3)4)20(26)24-9-8-15-6-7-17(29-5)18(11-15)30-21(22)23/h6-7,10-12,21H,8-9H2,1-5H3,(H,24,26). The molecule has 1 N–H and O–H groups in total. The van der Waals surface area contributed by atoms with Gasteiger partial charge in [0, 0.05) is 26.2 Å². The quantitative estimate of drug-likeness (QED) is 0.627. The van der Waals surface area contributed by atoms with Crippen molar-refractivity contribution in [2.45, 2.75) is 31.8 Å². The number of halogens is 2. The topological polar surface area (TPSA) is 84.9 Å². The monoisotopic (exact) mass is 456 g/mol. The van der Waals surface area contributed by atoms with E-state index in [4.69, 9.17) is 4.74 Å². The van der Waals surface area contributed by atoms with E-state index in [9.17, 15) is 22.0 Å². The van der Waals surface area contributed by atoms with Gasteiger partial charge in [-0.1, -0.05) is 6.07 Å². The molecule has 0 aliphatic carbocycles. The third-order valence-corrected chi connectivity index (χ3v) is 6.73. The Hall–Kier alpha value is -2.72. The molecule has 2 aromatic carbocycles. The van der Waals surface area contributed by atoms with Crippen LogP contribution in [0.3, 0.4) is 0 Å². The number of alkyl halides is 2. The van der Waals surface area contributed by atoms with Crippen molar-refractivity contribution < 1.29 is 31.5 Å². The zero-order valence-corrected chi connectivity index (χ0v) is 18.8. The number of nitrogens with zero attached hydrogens (tertiary/aromatic N) is 1. The molecule has 0 saturated carbocycles. The summed E-state index contributed by atoms with van der Waals surface area (Å²) < 4.78 is 60.8. The number of sulfonamides is 1. The Morgan fingerprint density at radius 2 is 1.81 bits per heavy atom. The number of benzene rings is 2. The number of aryl methyl sites for hydroxylation is 1. The van der Waals surface area contributed by atoms with Crippen molar-refractivity contribution in [3.05, 3.63) is 52.6 Å². The summed E-state index contributed by atoms with van der Waals surface area (Å²) in [5.41, 5.74) is 2.14. The van der Waals surface area contributed by atoms with Gasteiger partial charge in [-0.3, -0.25) is 4.79 Å². The first-order valence-corrected chi connectivity index (χ1v) is 10.8. The minimum absolute atomic E-state index is 0.0756. The van der Waals surface area contributed by atoms with Crippen molar-refractivity contribution in [3.63, 3.8) is 0 Å². The maximum atomic E-state index is 12.6. The average molecular weight is 457 g/mol. The Labute approximate surface area is 181 Å². The molecule has 0 saturated heterocycles. The Kier molecular flexibility index (Phi) is 7.96. The van der Waals surface area contributed by atoms with Gasteiger partial charge >= 0.3 is 6.61 Å². The zero-order chi connectivity index (χ0) is 23.3. The highest BCUT2D eigenvalue weighted by molar-refractivity contribution is 7.89. The molecule has 0 spiro atoms. The number of nitrogens with one attached hydrogen (secondary N) is 1. The van der Waals surface area contributed by atoms with Crippen LogP contribution < -0.4 is 14.8 Å². The first-order chi connectivity index (χ1) is 14.5. The minimum atomic E-state index is -3.70. The molecule has 0 aromatic heterocycles. The SMILES string of the molecule is COc1ccc(CCNC(=O)c2cc(C)c(C)c(S(=O)(=O)N(C)C)c2)cc1OC(F)F. The van der Waals surface area contributed by atoms with E-state index in [1.54, 1.807) is 26.0 Å². The smallest absolute Gasteiger partial charge is 0.387 e. The molecule has 0 fully saturated rings. The summed E-state index contributed by atoms with van der Waals surface area (Å²) in [4.78, 5) is 12.7. The van der Waals surface area contributed by atoms with Crippen molar-refractivity contribution >= 4 is 15.9 Å². The van der Waals surface area contributed by atoms with Crippen LogP contribution in [0.1, 0.15) is 27.0 Å². The number of hydrogen-bond donors (Lipinski definition) is 1. The van der Waals surface area contributed by atoms with Crippen molar-refractivity contribution in [3.8, 4) is 11.5 Å². The highest BCUT2D eigenvalue weighted by Gasteiger charge is 2.23. The van der Waals surface area contributed by atoms with Gasteiger partial charge in [-0.2, -0.15) is 8.78 Å². The molecule has 7 nitrogen and oxygen atoms in total. The average Bonchev–Trinajstić information content (AvgIpc) is 2.69. The summed E-state index contributed by atoms with van der Waals surface area (Å²) in [7, 11) is 0.501. The second-order valence-electron chi connectivity index (χ2n) is 7.07. The second-order valence-corrected chi connectivity index (χ2v) is 9.19. The lowest BCUT2D eigenvalue weighted by molar-refractivity contribution is -0.0512. The van der Waals surface area contributed by atoms with Crippen LogP contribution in [-0.2, 0) is 16.4 Å². The van der Waals surface area contributed by atoms with E-state index in [0.717, 1.165) is 4.31 Å². The van der Waals surface area contributed by atoms with Gasteiger partial charge in [-0.05, 0) is 61.2 Å². The molecule has 170 valence electrons. The van der Waals surface area contributed by atoms with Gasteiger partial charge in [0.2, 0.25) is 10.0 Å². The molecule has 0 unspecified atom stereocenters. The lowest BCUT2D eigenvalue weighted by atomic mass is 10.1. The maximum Gasteiger partial charge on any atom is 0.387 e. The van der Waals surface area contributed by atoms with Crippen LogP contribution in [-0.4, -0.2) is 53.0 Å². The van der Waals surface area contributed by atoms with Crippen LogP contribution in [0, 0.1) is 13.8 Å². The summed E-state index contributed by atoms with van der Waals surface area (Å²) in [6.07, 6.45) is 0.350. The molecular weight excluding hydrogens is 430 g/mol. The van der Waals surface area contributed by atoms with E-state index in [-0.39, 0.29) is 28.5 Å². The highest BCUT2D eigenvalue weighted by atomic mass is 32.2. The molecule has 10 heteroatoms. The molecule has 0 aliphatic rings. The van der Waals surface area contributed by atoms with Crippen molar-refractivity contribution in [1.29, 1.82) is 0 Å². The van der Waals surface area contributed by atoms with E-state index in [1.807, 2.05) is 0 Å². The fourth-order valence-corrected chi connectivity index (χ4v) is 4.13. The molecule has 0 aliphatic heterocycles. The van der Waals surface area contributed by atoms with Crippen molar-refractivity contribution in [1.82, 2.24) is 9.62 Å². The summed E-state index contributed by atoms with van der Waals surface area (Å²) in [6, 6.07) is 7.60. The summed E-state index contributed by atoms with van der Waals surface area (Å²) in [5.74, 6) is -0.345. The van der Waals surface area contributed by atoms with E-state index in [2.05, 4.69) is 10.1 Å². The van der Waals surface area contributed by atoms with E-state index < -0.39 is 22.5 Å². The summed E-state index contributed by atoms with van der Waals surface area (Å²) >= 11 is 0. The van der Waals surface area contributed by atoms with Crippen LogP contribution in [0.15, 0.2) is 35.2 Å². The van der Waals surface area contributed by atoms with Gasteiger partial charge in [0.15, 0.2) is 11.5 Å². The first-order valence-electron chi connectivity index (χ1n) is 9.41. The van der Waals surface area contributed by atoms with Crippen LogP contribution in [0.25, 0.3) is 0 Å². The lowest BCUT2D eigenvalue weighted by Gasteiger charge is -2.16. The van der Waals surface area contributed by atoms with Crippen LogP contribution in [0.5, 0.6) is 11.5 Å². The molecule has 31 heavy (non-hydrogen) atoms. The van der Waals surface area contributed by atoms with Crippen LogP contribution in [0.4, 0.5) is 8.78 Å². The molecule has 2 aromatic rings.